The van der Waals surface area contributed by atoms with Crippen molar-refractivity contribution in [1.29, 1.82) is 0 Å². The number of Topliss-reactive ketones (excluding diaryl/α,β-unsaturated/α-hetero) is 1. The number of nitrogens with one attached hydrogen (secondary N) is 1. The molecule has 2 aromatic carbocycles. The van der Waals surface area contributed by atoms with E-state index in [0.717, 1.165) is 12.1 Å². The minimum absolute atomic E-state index is 0.0263. The number of carbonyl (C=O) groups excluding carboxylic acids is 2. The van der Waals surface area contributed by atoms with Crippen LogP contribution in [0.2, 0.25) is 0 Å². The van der Waals surface area contributed by atoms with Gasteiger partial charge in [0.2, 0.25) is 11.7 Å². The second-order valence-electron chi connectivity index (χ2n) is 5.12. The van der Waals surface area contributed by atoms with Gasteiger partial charge in [-0.05, 0) is 36.4 Å². The number of amides is 1. The summed E-state index contributed by atoms with van der Waals surface area (Å²) >= 11 is 0. The predicted molar refractivity (Wildman–Crippen MR) is 88.2 cm³/mol. The predicted octanol–water partition coefficient (Wildman–Crippen LogP) is 3.34. The summed E-state index contributed by atoms with van der Waals surface area (Å²) < 4.78 is 18.2. The molecule has 0 aromatic heterocycles. The van der Waals surface area contributed by atoms with Crippen LogP contribution in [0.3, 0.4) is 0 Å². The first kappa shape index (κ1) is 18.1. The molecule has 0 aliphatic heterocycles. The monoisotopic (exact) mass is 346 g/mol. The van der Waals surface area contributed by atoms with Crippen molar-refractivity contribution in [3.8, 4) is 5.75 Å². The lowest BCUT2D eigenvalue weighted by atomic mass is 10.1. The van der Waals surface area contributed by atoms with Crippen molar-refractivity contribution in [2.24, 2.45) is 0 Å². The minimum Gasteiger partial charge on any atom is -0.497 e. The normalized spacial score (nSPS) is 10.2. The van der Waals surface area contributed by atoms with Crippen molar-refractivity contribution in [3.63, 3.8) is 0 Å². The maximum atomic E-state index is 13.2. The van der Waals surface area contributed by atoms with Crippen molar-refractivity contribution < 1.29 is 23.6 Å². The third-order valence-electron chi connectivity index (χ3n) is 3.42. The van der Waals surface area contributed by atoms with Gasteiger partial charge in [-0.2, -0.15) is 4.39 Å². The van der Waals surface area contributed by atoms with E-state index in [-0.39, 0.29) is 24.3 Å². The van der Waals surface area contributed by atoms with E-state index in [1.807, 2.05) is 0 Å². The van der Waals surface area contributed by atoms with Crippen molar-refractivity contribution in [1.82, 2.24) is 0 Å². The van der Waals surface area contributed by atoms with E-state index in [0.29, 0.717) is 11.3 Å². The van der Waals surface area contributed by atoms with Gasteiger partial charge in [-0.3, -0.25) is 19.7 Å². The highest BCUT2D eigenvalue weighted by molar-refractivity contribution is 6.00. The Morgan fingerprint density at radius 3 is 2.44 bits per heavy atom. The van der Waals surface area contributed by atoms with Crippen LogP contribution in [0.15, 0.2) is 42.5 Å². The number of methoxy groups -OCH3 is 1. The molecule has 0 heterocycles. The first-order valence-corrected chi connectivity index (χ1v) is 7.31. The van der Waals surface area contributed by atoms with E-state index in [9.17, 15) is 24.1 Å². The van der Waals surface area contributed by atoms with E-state index in [4.69, 9.17) is 4.74 Å². The molecule has 2 aromatic rings. The van der Waals surface area contributed by atoms with Crippen LogP contribution in [0.1, 0.15) is 23.2 Å². The number of nitro groups is 1. The number of hydrogen-bond donors (Lipinski definition) is 1. The number of benzene rings is 2. The molecule has 1 amide bonds. The Labute approximate surface area is 142 Å². The number of halogens is 1. The van der Waals surface area contributed by atoms with Crippen LogP contribution in [0, 0.1) is 15.9 Å². The van der Waals surface area contributed by atoms with Gasteiger partial charge in [-0.15, -0.1) is 0 Å². The van der Waals surface area contributed by atoms with Gasteiger partial charge in [0.1, 0.15) is 5.75 Å². The Kier molecular flexibility index (Phi) is 5.78. The third kappa shape index (κ3) is 4.84. The molecular formula is C17H15FN2O5. The van der Waals surface area contributed by atoms with Crippen LogP contribution < -0.4 is 10.1 Å². The fraction of sp³-hybridized carbons (Fsp3) is 0.176. The molecule has 0 atom stereocenters. The summed E-state index contributed by atoms with van der Waals surface area (Å²) in [4.78, 5) is 33.7. The van der Waals surface area contributed by atoms with Crippen molar-refractivity contribution >= 4 is 23.1 Å². The van der Waals surface area contributed by atoms with Gasteiger partial charge < -0.3 is 10.1 Å². The summed E-state index contributed by atoms with van der Waals surface area (Å²) in [6.45, 7) is 0. The summed E-state index contributed by atoms with van der Waals surface area (Å²) in [7, 11) is 1.51. The second kappa shape index (κ2) is 8.00. The van der Waals surface area contributed by atoms with Crippen LogP contribution in [-0.2, 0) is 4.79 Å². The number of nitro benzene ring substituents is 1. The van der Waals surface area contributed by atoms with Crippen molar-refractivity contribution in [2.45, 2.75) is 12.8 Å². The molecule has 8 heteroatoms. The van der Waals surface area contributed by atoms with E-state index in [2.05, 4.69) is 5.32 Å². The Morgan fingerprint density at radius 2 is 1.84 bits per heavy atom. The Bertz CT molecular complexity index is 805. The standard InChI is InChI=1S/C17H15FN2O5/c1-25-13-5-2-11(3-6-13)16(21)8-9-17(22)19-12-4-7-14(18)15(10-12)20(23)24/h2-7,10H,8-9H2,1H3,(H,19,22). The molecule has 0 aliphatic rings. The van der Waals surface area contributed by atoms with Gasteiger partial charge in [-0.25, -0.2) is 0 Å². The Hall–Kier alpha value is -3.29. The van der Waals surface area contributed by atoms with Gasteiger partial charge >= 0.3 is 5.69 Å². The topological polar surface area (TPSA) is 98.5 Å². The first-order valence-electron chi connectivity index (χ1n) is 7.31. The highest BCUT2D eigenvalue weighted by Gasteiger charge is 2.16. The highest BCUT2D eigenvalue weighted by atomic mass is 19.1. The maximum Gasteiger partial charge on any atom is 0.306 e. The zero-order valence-corrected chi connectivity index (χ0v) is 13.3. The Balaban J connectivity index is 1.93. The fourth-order valence-electron chi connectivity index (χ4n) is 2.10. The molecule has 0 aliphatic carbocycles. The van der Waals surface area contributed by atoms with Crippen LogP contribution >= 0.6 is 0 Å². The van der Waals surface area contributed by atoms with E-state index in [1.165, 1.54) is 13.2 Å². The molecule has 7 nitrogen and oxygen atoms in total. The third-order valence-corrected chi connectivity index (χ3v) is 3.42. The molecule has 0 spiro atoms. The number of rotatable bonds is 7. The van der Waals surface area contributed by atoms with E-state index < -0.39 is 22.3 Å². The largest absolute Gasteiger partial charge is 0.497 e. The van der Waals surface area contributed by atoms with Crippen molar-refractivity contribution in [2.75, 3.05) is 12.4 Å². The van der Waals surface area contributed by atoms with Crippen LogP contribution in [0.25, 0.3) is 0 Å². The average Bonchev–Trinajstić information content (AvgIpc) is 2.61. The number of ketones is 1. The number of nitrogens with zero attached hydrogens (tertiary/aromatic N) is 1. The molecule has 0 saturated heterocycles. The molecular weight excluding hydrogens is 331 g/mol. The summed E-state index contributed by atoms with van der Waals surface area (Å²) in [5.41, 5.74) is -0.187. The van der Waals surface area contributed by atoms with Crippen molar-refractivity contribution in [3.05, 3.63) is 64.0 Å². The lowest BCUT2D eigenvalue weighted by Gasteiger charge is -2.06. The second-order valence-corrected chi connectivity index (χ2v) is 5.12. The smallest absolute Gasteiger partial charge is 0.306 e. The summed E-state index contributed by atoms with van der Waals surface area (Å²) in [5.74, 6) is -1.09. The number of anilines is 1. The lowest BCUT2D eigenvalue weighted by Crippen LogP contribution is -2.13. The zero-order chi connectivity index (χ0) is 18.4. The zero-order valence-electron chi connectivity index (χ0n) is 13.3. The van der Waals surface area contributed by atoms with Gasteiger partial charge in [0.05, 0.1) is 12.0 Å². The van der Waals surface area contributed by atoms with E-state index >= 15 is 0 Å². The molecule has 0 unspecified atom stereocenters. The molecule has 0 bridgehead atoms. The van der Waals surface area contributed by atoms with Gasteiger partial charge in [-0.1, -0.05) is 0 Å². The van der Waals surface area contributed by atoms with Crippen LogP contribution in [-0.4, -0.2) is 23.7 Å². The molecule has 0 saturated carbocycles. The highest BCUT2D eigenvalue weighted by Crippen LogP contribution is 2.22. The lowest BCUT2D eigenvalue weighted by molar-refractivity contribution is -0.387. The number of ether oxygens (including phenoxy) is 1. The Morgan fingerprint density at radius 1 is 1.16 bits per heavy atom. The first-order chi connectivity index (χ1) is 11.9. The number of carbonyl (C=O) groups is 2. The molecule has 0 fully saturated rings. The van der Waals surface area contributed by atoms with Crippen LogP contribution in [0.4, 0.5) is 15.8 Å². The summed E-state index contributed by atoms with van der Waals surface area (Å²) in [6, 6.07) is 9.53. The molecule has 25 heavy (non-hydrogen) atoms. The van der Waals surface area contributed by atoms with Gasteiger partial charge in [0, 0.05) is 30.2 Å². The SMILES string of the molecule is COc1ccc(C(=O)CCC(=O)Nc2ccc(F)c([N+](=O)[O-])c2)cc1. The van der Waals surface area contributed by atoms with Gasteiger partial charge in [0.25, 0.3) is 0 Å². The molecule has 1 N–H and O–H groups in total. The fourth-order valence-corrected chi connectivity index (χ4v) is 2.10. The molecule has 130 valence electrons. The number of hydrogen-bond acceptors (Lipinski definition) is 5. The van der Waals surface area contributed by atoms with E-state index in [1.54, 1.807) is 24.3 Å². The molecule has 0 radical (unpaired) electrons. The minimum atomic E-state index is -0.988. The average molecular weight is 346 g/mol. The van der Waals surface area contributed by atoms with Crippen LogP contribution in [0.5, 0.6) is 5.75 Å². The molecule has 2 rings (SSSR count). The van der Waals surface area contributed by atoms with Gasteiger partial charge in [0.15, 0.2) is 5.78 Å². The maximum absolute atomic E-state index is 13.2. The quantitative estimate of drug-likeness (QED) is 0.471. The summed E-state index contributed by atoms with van der Waals surface area (Å²) in [6.07, 6.45) is -0.127. The summed E-state index contributed by atoms with van der Waals surface area (Å²) in [5, 5.41) is 13.1.